The number of nitrogens with two attached hydrogens (primary N) is 1. The summed E-state index contributed by atoms with van der Waals surface area (Å²) >= 11 is 0. The number of nitriles is 1. The highest BCUT2D eigenvalue weighted by Crippen LogP contribution is 2.15. The lowest BCUT2D eigenvalue weighted by atomic mass is 9.94. The second-order valence-corrected chi connectivity index (χ2v) is 3.93. The maximum atomic E-state index is 9.23. The molecule has 0 fully saturated rings. The third-order valence-electron chi connectivity index (χ3n) is 2.50. The van der Waals surface area contributed by atoms with Gasteiger partial charge in [0, 0.05) is 12.1 Å². The zero-order valence-corrected chi connectivity index (χ0v) is 10.7. The molecule has 0 aliphatic carbocycles. The summed E-state index contributed by atoms with van der Waals surface area (Å²) in [5, 5.41) is 13.3. The van der Waals surface area contributed by atoms with Gasteiger partial charge in [0.1, 0.15) is 12.3 Å². The molecule has 1 unspecified atom stereocenters. The summed E-state index contributed by atoms with van der Waals surface area (Å²) in [6.45, 7) is 2.82. The van der Waals surface area contributed by atoms with Gasteiger partial charge in [-0.1, -0.05) is 48.8 Å². The number of benzene rings is 1. The van der Waals surface area contributed by atoms with Crippen molar-refractivity contribution in [3.05, 3.63) is 35.9 Å². The van der Waals surface area contributed by atoms with Crippen molar-refractivity contribution < 1.29 is 4.84 Å². The summed E-state index contributed by atoms with van der Waals surface area (Å²) in [6, 6.07) is 11.9. The molecule has 0 saturated heterocycles. The van der Waals surface area contributed by atoms with Gasteiger partial charge in [0.25, 0.3) is 0 Å². The lowest BCUT2D eigenvalue weighted by Gasteiger charge is -2.11. The molecule has 0 saturated carbocycles. The van der Waals surface area contributed by atoms with Gasteiger partial charge in [0.15, 0.2) is 0 Å². The molecule has 0 radical (unpaired) electrons. The van der Waals surface area contributed by atoms with Crippen molar-refractivity contribution in [2.45, 2.75) is 19.8 Å². The molecule has 0 bridgehead atoms. The average molecular weight is 245 g/mol. The highest BCUT2D eigenvalue weighted by atomic mass is 16.6. The number of rotatable bonds is 7. The summed E-state index contributed by atoms with van der Waals surface area (Å²) < 4.78 is 0. The fraction of sp³-hybridized carbons (Fsp3) is 0.429. The standard InChI is InChI=1S/C14H19N3O/c1-2-6-13(11-16)14(17-18-10-9-15)12-7-4-3-5-8-12/h3-5,7-8,13H,2,6,9-10,15H2,1H3. The molecular formula is C14H19N3O. The predicted octanol–water partition coefficient (Wildman–Crippen LogP) is 2.31. The Morgan fingerprint density at radius 2 is 2.17 bits per heavy atom. The van der Waals surface area contributed by atoms with E-state index in [4.69, 9.17) is 10.6 Å². The van der Waals surface area contributed by atoms with Crippen molar-refractivity contribution in [2.24, 2.45) is 16.8 Å². The summed E-state index contributed by atoms with van der Waals surface area (Å²) in [6.07, 6.45) is 1.71. The van der Waals surface area contributed by atoms with Crippen LogP contribution in [0.2, 0.25) is 0 Å². The van der Waals surface area contributed by atoms with E-state index in [0.29, 0.717) is 18.9 Å². The van der Waals surface area contributed by atoms with Gasteiger partial charge >= 0.3 is 0 Å². The lowest BCUT2D eigenvalue weighted by Crippen LogP contribution is -2.16. The Morgan fingerprint density at radius 3 is 2.72 bits per heavy atom. The van der Waals surface area contributed by atoms with E-state index in [9.17, 15) is 5.26 Å². The van der Waals surface area contributed by atoms with Crippen molar-refractivity contribution in [1.29, 1.82) is 5.26 Å². The van der Waals surface area contributed by atoms with Gasteiger partial charge < -0.3 is 10.6 Å². The monoisotopic (exact) mass is 245 g/mol. The van der Waals surface area contributed by atoms with Crippen LogP contribution in [-0.2, 0) is 4.84 Å². The van der Waals surface area contributed by atoms with Crippen LogP contribution in [0, 0.1) is 17.2 Å². The third-order valence-corrected chi connectivity index (χ3v) is 2.50. The molecular weight excluding hydrogens is 226 g/mol. The predicted molar refractivity (Wildman–Crippen MR) is 72.0 cm³/mol. The van der Waals surface area contributed by atoms with Crippen molar-refractivity contribution in [1.82, 2.24) is 0 Å². The maximum absolute atomic E-state index is 9.23. The van der Waals surface area contributed by atoms with Gasteiger partial charge in [-0.2, -0.15) is 5.26 Å². The van der Waals surface area contributed by atoms with Crippen molar-refractivity contribution in [3.63, 3.8) is 0 Å². The van der Waals surface area contributed by atoms with E-state index in [1.165, 1.54) is 0 Å². The van der Waals surface area contributed by atoms with E-state index in [-0.39, 0.29) is 5.92 Å². The minimum atomic E-state index is -0.241. The van der Waals surface area contributed by atoms with Gasteiger partial charge in [-0.15, -0.1) is 0 Å². The van der Waals surface area contributed by atoms with Crippen molar-refractivity contribution >= 4 is 5.71 Å². The molecule has 1 rings (SSSR count). The quantitative estimate of drug-likeness (QED) is 0.455. The molecule has 0 heterocycles. The highest BCUT2D eigenvalue weighted by molar-refractivity contribution is 6.03. The molecule has 4 heteroatoms. The van der Waals surface area contributed by atoms with E-state index in [0.717, 1.165) is 18.4 Å². The van der Waals surface area contributed by atoms with E-state index in [1.807, 2.05) is 37.3 Å². The Kier molecular flexibility index (Phi) is 6.52. The Balaban J connectivity index is 2.95. The molecule has 1 aromatic rings. The molecule has 1 atom stereocenters. The van der Waals surface area contributed by atoms with Crippen molar-refractivity contribution in [2.75, 3.05) is 13.2 Å². The molecule has 0 aromatic heterocycles. The molecule has 0 amide bonds. The van der Waals surface area contributed by atoms with Crippen LogP contribution in [0.4, 0.5) is 0 Å². The smallest absolute Gasteiger partial charge is 0.129 e. The van der Waals surface area contributed by atoms with Crippen LogP contribution in [0.3, 0.4) is 0 Å². The average Bonchev–Trinajstić information content (AvgIpc) is 2.43. The van der Waals surface area contributed by atoms with Crippen LogP contribution >= 0.6 is 0 Å². The maximum Gasteiger partial charge on any atom is 0.129 e. The summed E-state index contributed by atoms with van der Waals surface area (Å²) in [5.41, 5.74) is 6.98. The SMILES string of the molecule is CCCC(C#N)C(=NOCCN)c1ccccc1. The second kappa shape index (κ2) is 8.26. The number of hydrogen-bond donors (Lipinski definition) is 1. The van der Waals surface area contributed by atoms with Crippen molar-refractivity contribution in [3.8, 4) is 6.07 Å². The van der Waals surface area contributed by atoms with E-state index < -0.39 is 0 Å². The zero-order chi connectivity index (χ0) is 13.2. The zero-order valence-electron chi connectivity index (χ0n) is 10.7. The van der Waals surface area contributed by atoms with E-state index in [2.05, 4.69) is 11.2 Å². The summed E-state index contributed by atoms with van der Waals surface area (Å²) in [7, 11) is 0. The van der Waals surface area contributed by atoms with Gasteiger partial charge in [0.05, 0.1) is 12.0 Å². The highest BCUT2D eigenvalue weighted by Gasteiger charge is 2.17. The molecule has 0 aliphatic rings. The van der Waals surface area contributed by atoms with Crippen LogP contribution in [0.25, 0.3) is 0 Å². The first-order valence-electron chi connectivity index (χ1n) is 6.18. The first-order chi connectivity index (χ1) is 8.83. The van der Waals surface area contributed by atoms with Crippen LogP contribution < -0.4 is 5.73 Å². The Morgan fingerprint density at radius 1 is 1.44 bits per heavy atom. The van der Waals surface area contributed by atoms with E-state index >= 15 is 0 Å². The first-order valence-corrected chi connectivity index (χ1v) is 6.18. The molecule has 18 heavy (non-hydrogen) atoms. The van der Waals surface area contributed by atoms with Gasteiger partial charge in [0.2, 0.25) is 0 Å². The van der Waals surface area contributed by atoms with E-state index in [1.54, 1.807) is 0 Å². The molecule has 96 valence electrons. The molecule has 1 aromatic carbocycles. The number of nitrogens with zero attached hydrogens (tertiary/aromatic N) is 2. The number of hydrogen-bond acceptors (Lipinski definition) is 4. The van der Waals surface area contributed by atoms with Crippen LogP contribution in [-0.4, -0.2) is 18.9 Å². The Bertz CT molecular complexity index is 409. The van der Waals surface area contributed by atoms with Gasteiger partial charge in [-0.3, -0.25) is 0 Å². The largest absolute Gasteiger partial charge is 0.394 e. The molecule has 2 N–H and O–H groups in total. The first kappa shape index (κ1) is 14.2. The van der Waals surface area contributed by atoms with Gasteiger partial charge in [-0.25, -0.2) is 0 Å². The molecule has 0 spiro atoms. The van der Waals surface area contributed by atoms with Crippen LogP contribution in [0.1, 0.15) is 25.3 Å². The second-order valence-electron chi connectivity index (χ2n) is 3.93. The molecule has 4 nitrogen and oxygen atoms in total. The summed E-state index contributed by atoms with van der Waals surface area (Å²) in [5.74, 6) is -0.241. The fourth-order valence-electron chi connectivity index (χ4n) is 1.65. The molecule has 0 aliphatic heterocycles. The Hall–Kier alpha value is -1.86. The lowest BCUT2D eigenvalue weighted by molar-refractivity contribution is 0.151. The Labute approximate surface area is 108 Å². The summed E-state index contributed by atoms with van der Waals surface area (Å²) in [4.78, 5) is 5.14. The van der Waals surface area contributed by atoms with Crippen LogP contribution in [0.5, 0.6) is 0 Å². The third kappa shape index (κ3) is 4.19. The fourth-order valence-corrected chi connectivity index (χ4v) is 1.65. The minimum absolute atomic E-state index is 0.241. The minimum Gasteiger partial charge on any atom is -0.394 e. The normalized spacial score (nSPS) is 12.8. The van der Waals surface area contributed by atoms with Crippen LogP contribution in [0.15, 0.2) is 35.5 Å². The number of oxime groups is 1. The topological polar surface area (TPSA) is 71.4 Å². The van der Waals surface area contributed by atoms with Gasteiger partial charge in [-0.05, 0) is 6.42 Å².